The van der Waals surface area contributed by atoms with Crippen molar-refractivity contribution in [3.05, 3.63) is 67.9 Å². The number of halogens is 5. The Labute approximate surface area is 163 Å². The lowest BCUT2D eigenvalue weighted by molar-refractivity contribution is -0.144. The van der Waals surface area contributed by atoms with Crippen molar-refractivity contribution in [1.29, 1.82) is 0 Å². The molecule has 7 heteroatoms. The first kappa shape index (κ1) is 20.8. The molecular formula is C19H17BrClF3O2. The van der Waals surface area contributed by atoms with Gasteiger partial charge in [-0.2, -0.15) is 0 Å². The molecule has 0 saturated carbocycles. The highest BCUT2D eigenvalue weighted by molar-refractivity contribution is 9.10. The SMILES string of the molecule is Cc1c(F)c(F)c(CC(C(=O)O)C(C)(C)c2ccc(Br)cc2)c(Cl)c1F. The van der Waals surface area contributed by atoms with Crippen molar-refractivity contribution in [2.24, 2.45) is 5.92 Å². The number of carboxylic acids is 1. The Balaban J connectivity index is 2.54. The van der Waals surface area contributed by atoms with Gasteiger partial charge in [-0.05, 0) is 31.0 Å². The minimum absolute atomic E-state index is 0.447. The summed E-state index contributed by atoms with van der Waals surface area (Å²) in [5.41, 5.74) is -1.25. The van der Waals surface area contributed by atoms with E-state index < -0.39 is 57.3 Å². The van der Waals surface area contributed by atoms with Crippen molar-refractivity contribution in [1.82, 2.24) is 0 Å². The maximum Gasteiger partial charge on any atom is 0.307 e. The lowest BCUT2D eigenvalue weighted by Gasteiger charge is -2.32. The Morgan fingerprint density at radius 2 is 1.69 bits per heavy atom. The largest absolute Gasteiger partial charge is 0.481 e. The summed E-state index contributed by atoms with van der Waals surface area (Å²) in [6, 6.07) is 7.01. The quantitative estimate of drug-likeness (QED) is 0.564. The van der Waals surface area contributed by atoms with Crippen molar-refractivity contribution in [2.45, 2.75) is 32.6 Å². The van der Waals surface area contributed by atoms with E-state index in [2.05, 4.69) is 15.9 Å². The number of benzene rings is 2. The van der Waals surface area contributed by atoms with Crippen LogP contribution in [-0.2, 0) is 16.6 Å². The Morgan fingerprint density at radius 1 is 1.15 bits per heavy atom. The number of carbonyl (C=O) groups is 1. The van der Waals surface area contributed by atoms with Gasteiger partial charge in [0.2, 0.25) is 0 Å². The zero-order valence-electron chi connectivity index (χ0n) is 14.3. The first-order valence-electron chi connectivity index (χ1n) is 7.78. The molecule has 2 aromatic rings. The van der Waals surface area contributed by atoms with Gasteiger partial charge in [0, 0.05) is 21.0 Å². The molecule has 0 radical (unpaired) electrons. The van der Waals surface area contributed by atoms with Crippen molar-refractivity contribution < 1.29 is 23.1 Å². The maximum absolute atomic E-state index is 14.3. The van der Waals surface area contributed by atoms with E-state index in [9.17, 15) is 23.1 Å². The third-order valence-electron chi connectivity index (χ3n) is 4.74. The Bertz CT molecular complexity index is 822. The van der Waals surface area contributed by atoms with E-state index in [1.807, 2.05) is 0 Å². The number of rotatable bonds is 5. The van der Waals surface area contributed by atoms with Crippen LogP contribution in [0.5, 0.6) is 0 Å². The van der Waals surface area contributed by atoms with Gasteiger partial charge in [-0.15, -0.1) is 0 Å². The second kappa shape index (κ2) is 7.61. The standard InChI is InChI=1S/C19H17BrClF3O2/c1-9-15(22)14(21)12(17(24)16(9)23)8-13(18(25)26)19(2,3)10-4-6-11(20)7-5-10/h4-7,13H,8H2,1-3H3,(H,25,26). The highest BCUT2D eigenvalue weighted by Gasteiger charge is 2.38. The van der Waals surface area contributed by atoms with Crippen LogP contribution in [0.15, 0.2) is 28.7 Å². The molecule has 26 heavy (non-hydrogen) atoms. The summed E-state index contributed by atoms with van der Waals surface area (Å²) in [6.07, 6.45) is -0.447. The summed E-state index contributed by atoms with van der Waals surface area (Å²) >= 11 is 9.17. The van der Waals surface area contributed by atoms with Crippen LogP contribution in [0.4, 0.5) is 13.2 Å². The molecule has 1 atom stereocenters. The lowest BCUT2D eigenvalue weighted by Crippen LogP contribution is -2.36. The third kappa shape index (κ3) is 3.76. The zero-order chi connectivity index (χ0) is 19.8. The number of carboxylic acid groups (broad SMARTS) is 1. The molecule has 1 N–H and O–H groups in total. The second-order valence-corrected chi connectivity index (χ2v) is 7.98. The molecule has 2 nitrogen and oxygen atoms in total. The Kier molecular flexibility index (Phi) is 6.08. The predicted molar refractivity (Wildman–Crippen MR) is 98.1 cm³/mol. The molecule has 1 unspecified atom stereocenters. The van der Waals surface area contributed by atoms with E-state index in [-0.39, 0.29) is 0 Å². The Hall–Kier alpha value is -1.53. The molecule has 0 bridgehead atoms. The third-order valence-corrected chi connectivity index (χ3v) is 5.66. The molecule has 0 aliphatic rings. The summed E-state index contributed by atoms with van der Waals surface area (Å²) in [6.45, 7) is 4.44. The molecule has 140 valence electrons. The van der Waals surface area contributed by atoms with Crippen molar-refractivity contribution in [3.63, 3.8) is 0 Å². The normalized spacial score (nSPS) is 12.9. The molecule has 0 aliphatic heterocycles. The number of hydrogen-bond acceptors (Lipinski definition) is 1. The fourth-order valence-electron chi connectivity index (χ4n) is 2.90. The monoisotopic (exact) mass is 448 g/mol. The van der Waals surface area contributed by atoms with E-state index in [0.717, 1.165) is 11.4 Å². The molecule has 2 aromatic carbocycles. The van der Waals surface area contributed by atoms with E-state index in [1.54, 1.807) is 38.1 Å². The fraction of sp³-hybridized carbons (Fsp3) is 0.316. The van der Waals surface area contributed by atoms with Crippen molar-refractivity contribution >= 4 is 33.5 Å². The van der Waals surface area contributed by atoms with Crippen LogP contribution in [-0.4, -0.2) is 11.1 Å². The van der Waals surface area contributed by atoms with Gasteiger partial charge in [0.05, 0.1) is 10.9 Å². The van der Waals surface area contributed by atoms with Gasteiger partial charge in [0.15, 0.2) is 11.6 Å². The minimum Gasteiger partial charge on any atom is -0.481 e. The van der Waals surface area contributed by atoms with Crippen LogP contribution < -0.4 is 0 Å². The van der Waals surface area contributed by atoms with Crippen LogP contribution in [0.3, 0.4) is 0 Å². The predicted octanol–water partition coefficient (Wildman–Crippen LogP) is 6.05. The van der Waals surface area contributed by atoms with Gasteiger partial charge in [-0.25, -0.2) is 13.2 Å². The minimum atomic E-state index is -1.35. The fourth-order valence-corrected chi connectivity index (χ4v) is 3.47. The molecule has 0 spiro atoms. The van der Waals surface area contributed by atoms with Crippen molar-refractivity contribution in [2.75, 3.05) is 0 Å². The first-order chi connectivity index (χ1) is 12.0. The smallest absolute Gasteiger partial charge is 0.307 e. The van der Waals surface area contributed by atoms with Gasteiger partial charge in [0.25, 0.3) is 0 Å². The molecule has 0 fully saturated rings. The second-order valence-electron chi connectivity index (χ2n) is 6.68. The van der Waals surface area contributed by atoms with Crippen LogP contribution in [0.2, 0.25) is 5.02 Å². The van der Waals surface area contributed by atoms with Crippen LogP contribution in [0.1, 0.15) is 30.5 Å². The zero-order valence-corrected chi connectivity index (χ0v) is 16.7. The molecule has 0 heterocycles. The molecular weight excluding hydrogens is 433 g/mol. The van der Waals surface area contributed by atoms with E-state index >= 15 is 0 Å². The maximum atomic E-state index is 14.3. The van der Waals surface area contributed by atoms with Crippen LogP contribution in [0, 0.1) is 30.3 Å². The van der Waals surface area contributed by atoms with Crippen molar-refractivity contribution in [3.8, 4) is 0 Å². The molecule has 0 amide bonds. The molecule has 2 rings (SSSR count). The molecule has 0 aromatic heterocycles. The molecule has 0 saturated heterocycles. The summed E-state index contributed by atoms with van der Waals surface area (Å²) in [5.74, 6) is -6.11. The average molecular weight is 450 g/mol. The first-order valence-corrected chi connectivity index (χ1v) is 8.95. The van der Waals surface area contributed by atoms with E-state index in [4.69, 9.17) is 11.6 Å². The van der Waals surface area contributed by atoms with Gasteiger partial charge in [-0.3, -0.25) is 4.79 Å². The summed E-state index contributed by atoms with van der Waals surface area (Å²) in [7, 11) is 0. The van der Waals surface area contributed by atoms with Crippen LogP contribution in [0.25, 0.3) is 0 Å². The summed E-state index contributed by atoms with van der Waals surface area (Å²) < 4.78 is 43.1. The van der Waals surface area contributed by atoms with Gasteiger partial charge in [0.1, 0.15) is 5.82 Å². The highest BCUT2D eigenvalue weighted by atomic mass is 79.9. The topological polar surface area (TPSA) is 37.3 Å². The van der Waals surface area contributed by atoms with Gasteiger partial charge in [-0.1, -0.05) is 53.5 Å². The van der Waals surface area contributed by atoms with Crippen LogP contribution >= 0.6 is 27.5 Å². The number of aliphatic carboxylic acids is 1. The molecule has 0 aliphatic carbocycles. The summed E-state index contributed by atoms with van der Waals surface area (Å²) in [5, 5.41) is 9.11. The van der Waals surface area contributed by atoms with Gasteiger partial charge >= 0.3 is 5.97 Å². The average Bonchev–Trinajstić information content (AvgIpc) is 2.58. The summed E-state index contributed by atoms with van der Waals surface area (Å²) in [4.78, 5) is 11.9. The highest BCUT2D eigenvalue weighted by Crippen LogP contribution is 2.38. The van der Waals surface area contributed by atoms with E-state index in [1.165, 1.54) is 0 Å². The number of hydrogen-bond donors (Lipinski definition) is 1. The van der Waals surface area contributed by atoms with E-state index in [0.29, 0.717) is 5.56 Å². The lowest BCUT2D eigenvalue weighted by atomic mass is 9.71. The van der Waals surface area contributed by atoms with Gasteiger partial charge < -0.3 is 5.11 Å². The Morgan fingerprint density at radius 3 is 2.19 bits per heavy atom.